The number of amides is 1. The summed E-state index contributed by atoms with van der Waals surface area (Å²) in [5.74, 6) is -0.0341. The van der Waals surface area contributed by atoms with E-state index in [0.29, 0.717) is 16.5 Å². The Bertz CT molecular complexity index is 808. The second-order valence-electron chi connectivity index (χ2n) is 6.28. The van der Waals surface area contributed by atoms with Crippen LogP contribution in [-0.4, -0.2) is 19.0 Å². The normalized spacial score (nSPS) is 16.5. The van der Waals surface area contributed by atoms with Crippen LogP contribution in [0, 0.1) is 5.92 Å². The maximum Gasteiger partial charge on any atom is 0.341 e. The maximum atomic E-state index is 12.3. The fourth-order valence-electron chi connectivity index (χ4n) is 3.05. The summed E-state index contributed by atoms with van der Waals surface area (Å²) < 4.78 is 4.94. The number of carbonyl (C=O) groups is 2. The maximum absolute atomic E-state index is 12.3. The zero-order valence-electron chi connectivity index (χ0n) is 14.4. The van der Waals surface area contributed by atoms with Crippen molar-refractivity contribution in [1.29, 1.82) is 0 Å². The Balaban J connectivity index is 1.83. The van der Waals surface area contributed by atoms with Crippen molar-refractivity contribution in [2.24, 2.45) is 5.92 Å². The molecule has 0 saturated heterocycles. The molecule has 1 aromatic heterocycles. The molecule has 0 bridgehead atoms. The fourth-order valence-corrected chi connectivity index (χ4v) is 4.45. The first kappa shape index (κ1) is 17.4. The molecule has 2 aromatic rings. The summed E-state index contributed by atoms with van der Waals surface area (Å²) in [6, 6.07) is 9.61. The van der Waals surface area contributed by atoms with Gasteiger partial charge in [-0.3, -0.25) is 4.79 Å². The lowest BCUT2D eigenvalue weighted by Gasteiger charge is -2.18. The molecule has 0 saturated carbocycles. The Morgan fingerprint density at radius 2 is 2.04 bits per heavy atom. The number of benzene rings is 1. The van der Waals surface area contributed by atoms with Crippen molar-refractivity contribution in [2.75, 3.05) is 12.4 Å². The fraction of sp³-hybridized carbons (Fsp3) is 0.300. The molecule has 0 spiro atoms. The molecule has 1 heterocycles. The molecule has 0 aliphatic heterocycles. The number of thiophene rings is 1. The van der Waals surface area contributed by atoms with E-state index in [9.17, 15) is 9.59 Å². The van der Waals surface area contributed by atoms with Crippen molar-refractivity contribution in [2.45, 2.75) is 26.2 Å². The zero-order chi connectivity index (χ0) is 17.8. The molecule has 1 N–H and O–H groups in total. The van der Waals surface area contributed by atoms with Crippen LogP contribution in [0.2, 0.25) is 0 Å². The topological polar surface area (TPSA) is 55.4 Å². The van der Waals surface area contributed by atoms with E-state index in [1.54, 1.807) is 6.08 Å². The number of nitrogens with one attached hydrogen (secondary N) is 1. The van der Waals surface area contributed by atoms with Crippen molar-refractivity contribution in [3.8, 4) is 0 Å². The van der Waals surface area contributed by atoms with Crippen LogP contribution in [0.25, 0.3) is 6.08 Å². The van der Waals surface area contributed by atoms with E-state index in [4.69, 9.17) is 4.74 Å². The average Bonchev–Trinajstić information content (AvgIpc) is 2.97. The number of hydrogen-bond donors (Lipinski definition) is 1. The molecule has 5 heteroatoms. The largest absolute Gasteiger partial charge is 0.465 e. The number of rotatable bonds is 4. The van der Waals surface area contributed by atoms with Gasteiger partial charge in [-0.15, -0.1) is 11.3 Å². The van der Waals surface area contributed by atoms with Gasteiger partial charge in [-0.05, 0) is 42.4 Å². The number of carbonyl (C=O) groups excluding carboxylic acids is 2. The molecule has 130 valence electrons. The quantitative estimate of drug-likeness (QED) is 0.657. The number of ether oxygens (including phenoxy) is 1. The molecular weight excluding hydrogens is 334 g/mol. The smallest absolute Gasteiger partial charge is 0.341 e. The second kappa shape index (κ2) is 7.66. The predicted molar refractivity (Wildman–Crippen MR) is 101 cm³/mol. The summed E-state index contributed by atoms with van der Waals surface area (Å²) in [4.78, 5) is 25.7. The van der Waals surface area contributed by atoms with Gasteiger partial charge in [0.1, 0.15) is 5.00 Å². The standard InChI is InChI=1S/C20H21NO3S/c1-13-8-10-15-16(12-13)25-19(18(15)20(23)24-2)21-17(22)11-9-14-6-4-3-5-7-14/h3-7,9,11,13H,8,10,12H2,1-2H3,(H,21,22)/b11-9+. The third-order valence-electron chi connectivity index (χ3n) is 4.36. The highest BCUT2D eigenvalue weighted by molar-refractivity contribution is 7.17. The minimum atomic E-state index is -0.380. The third-order valence-corrected chi connectivity index (χ3v) is 5.53. The highest BCUT2D eigenvalue weighted by atomic mass is 32.1. The van der Waals surface area contributed by atoms with Gasteiger partial charge in [0.25, 0.3) is 0 Å². The van der Waals surface area contributed by atoms with E-state index in [2.05, 4.69) is 12.2 Å². The summed E-state index contributed by atoms with van der Waals surface area (Å²) >= 11 is 1.49. The minimum absolute atomic E-state index is 0.249. The lowest BCUT2D eigenvalue weighted by atomic mass is 9.88. The first-order valence-corrected chi connectivity index (χ1v) is 9.17. The monoisotopic (exact) mass is 355 g/mol. The van der Waals surface area contributed by atoms with E-state index in [-0.39, 0.29) is 11.9 Å². The Labute approximate surface area is 151 Å². The zero-order valence-corrected chi connectivity index (χ0v) is 15.2. The van der Waals surface area contributed by atoms with Crippen molar-refractivity contribution in [1.82, 2.24) is 0 Å². The van der Waals surface area contributed by atoms with Gasteiger partial charge < -0.3 is 10.1 Å². The highest BCUT2D eigenvalue weighted by Gasteiger charge is 2.28. The number of hydrogen-bond acceptors (Lipinski definition) is 4. The van der Waals surface area contributed by atoms with Gasteiger partial charge in [-0.25, -0.2) is 4.79 Å². The van der Waals surface area contributed by atoms with Crippen LogP contribution < -0.4 is 5.32 Å². The van der Waals surface area contributed by atoms with E-state index < -0.39 is 0 Å². The van der Waals surface area contributed by atoms with Gasteiger partial charge in [0.15, 0.2) is 0 Å². The third kappa shape index (κ3) is 3.99. The van der Waals surface area contributed by atoms with Gasteiger partial charge in [0.05, 0.1) is 12.7 Å². The van der Waals surface area contributed by atoms with Crippen molar-refractivity contribution in [3.63, 3.8) is 0 Å². The average molecular weight is 355 g/mol. The van der Waals surface area contributed by atoms with Crippen molar-refractivity contribution < 1.29 is 14.3 Å². The number of fused-ring (bicyclic) bond motifs is 1. The molecule has 0 fully saturated rings. The second-order valence-corrected chi connectivity index (χ2v) is 7.39. The van der Waals surface area contributed by atoms with E-state index in [1.807, 2.05) is 30.3 Å². The Morgan fingerprint density at radius 1 is 1.28 bits per heavy atom. The number of anilines is 1. The molecule has 1 unspecified atom stereocenters. The summed E-state index contributed by atoms with van der Waals surface area (Å²) in [6.07, 6.45) is 6.09. The molecule has 4 nitrogen and oxygen atoms in total. The molecule has 3 rings (SSSR count). The van der Waals surface area contributed by atoms with Gasteiger partial charge in [-0.1, -0.05) is 37.3 Å². The van der Waals surface area contributed by atoms with Crippen LogP contribution in [-0.2, 0) is 22.4 Å². The van der Waals surface area contributed by atoms with E-state index in [1.165, 1.54) is 29.4 Å². The van der Waals surface area contributed by atoms with Gasteiger partial charge in [-0.2, -0.15) is 0 Å². The van der Waals surface area contributed by atoms with E-state index in [0.717, 1.165) is 30.4 Å². The van der Waals surface area contributed by atoms with Crippen LogP contribution in [0.1, 0.15) is 39.7 Å². The van der Waals surface area contributed by atoms with Gasteiger partial charge in [0, 0.05) is 11.0 Å². The Morgan fingerprint density at radius 3 is 2.76 bits per heavy atom. The minimum Gasteiger partial charge on any atom is -0.465 e. The van der Waals surface area contributed by atoms with Crippen LogP contribution in [0.15, 0.2) is 36.4 Å². The van der Waals surface area contributed by atoms with Crippen LogP contribution >= 0.6 is 11.3 Å². The SMILES string of the molecule is COC(=O)c1c(NC(=O)/C=C/c2ccccc2)sc2c1CCC(C)C2. The lowest BCUT2D eigenvalue weighted by Crippen LogP contribution is -2.14. The molecule has 0 radical (unpaired) electrons. The molecule has 1 aliphatic carbocycles. The van der Waals surface area contributed by atoms with Crippen LogP contribution in [0.3, 0.4) is 0 Å². The molecule has 1 aromatic carbocycles. The highest BCUT2D eigenvalue weighted by Crippen LogP contribution is 2.40. The first-order chi connectivity index (χ1) is 12.1. The summed E-state index contributed by atoms with van der Waals surface area (Å²) in [5.41, 5.74) is 2.51. The van der Waals surface area contributed by atoms with E-state index >= 15 is 0 Å². The van der Waals surface area contributed by atoms with Crippen LogP contribution in [0.4, 0.5) is 5.00 Å². The van der Waals surface area contributed by atoms with Crippen molar-refractivity contribution >= 4 is 34.3 Å². The summed E-state index contributed by atoms with van der Waals surface area (Å²) in [7, 11) is 1.37. The molecule has 1 aliphatic rings. The predicted octanol–water partition coefficient (Wildman–Crippen LogP) is 4.31. The molecule has 25 heavy (non-hydrogen) atoms. The number of esters is 1. The summed E-state index contributed by atoms with van der Waals surface area (Å²) in [6.45, 7) is 2.21. The first-order valence-electron chi connectivity index (χ1n) is 8.35. The molecule has 1 amide bonds. The van der Waals surface area contributed by atoms with Crippen molar-refractivity contribution in [3.05, 3.63) is 58.0 Å². The van der Waals surface area contributed by atoms with Gasteiger partial charge in [0.2, 0.25) is 5.91 Å². The lowest BCUT2D eigenvalue weighted by molar-refractivity contribution is -0.111. The number of methoxy groups -OCH3 is 1. The Hall–Kier alpha value is -2.40. The summed E-state index contributed by atoms with van der Waals surface area (Å²) in [5, 5.41) is 3.45. The Kier molecular flexibility index (Phi) is 5.34. The van der Waals surface area contributed by atoms with Gasteiger partial charge >= 0.3 is 5.97 Å². The molecule has 1 atom stereocenters. The van der Waals surface area contributed by atoms with Crippen LogP contribution in [0.5, 0.6) is 0 Å². The molecular formula is C20H21NO3S.